The van der Waals surface area contributed by atoms with E-state index in [1.165, 1.54) is 0 Å². The molecule has 0 aliphatic heterocycles. The number of carboxylic acids is 1. The molecule has 1 rings (SSSR count). The molecule has 0 fully saturated rings. The summed E-state index contributed by atoms with van der Waals surface area (Å²) in [5.74, 6) is -1.29. The van der Waals surface area contributed by atoms with E-state index in [-0.39, 0.29) is 17.9 Å². The van der Waals surface area contributed by atoms with Crippen LogP contribution in [-0.2, 0) is 9.53 Å². The van der Waals surface area contributed by atoms with E-state index < -0.39 is 5.97 Å². The highest BCUT2D eigenvalue weighted by Gasteiger charge is 2.15. The molecule has 0 aliphatic carbocycles. The van der Waals surface area contributed by atoms with Crippen LogP contribution in [0.15, 0.2) is 12.1 Å². The first-order valence-corrected chi connectivity index (χ1v) is 6.67. The Bertz CT molecular complexity index is 497. The predicted molar refractivity (Wildman–Crippen MR) is 77.2 cm³/mol. The van der Waals surface area contributed by atoms with Gasteiger partial charge in [0.05, 0.1) is 24.3 Å². The minimum absolute atomic E-state index is 0.116. The number of rotatable bonds is 7. The van der Waals surface area contributed by atoms with E-state index in [1.807, 2.05) is 19.9 Å². The number of hydrogen-bond acceptors (Lipinski definition) is 3. The number of ether oxygens (including phenoxy) is 1. The Morgan fingerprint density at radius 2 is 1.95 bits per heavy atom. The van der Waals surface area contributed by atoms with Gasteiger partial charge in [0.25, 0.3) is 0 Å². The molecule has 0 aromatic heterocycles. The first kappa shape index (κ1) is 16.2. The Hall–Kier alpha value is -1.88. The van der Waals surface area contributed by atoms with Crippen molar-refractivity contribution in [3.8, 4) is 0 Å². The van der Waals surface area contributed by atoms with Gasteiger partial charge in [-0.25, -0.2) is 4.79 Å². The van der Waals surface area contributed by atoms with Crippen molar-refractivity contribution in [1.29, 1.82) is 0 Å². The van der Waals surface area contributed by atoms with E-state index in [0.717, 1.165) is 17.5 Å². The fourth-order valence-electron chi connectivity index (χ4n) is 1.92. The third-order valence-corrected chi connectivity index (χ3v) is 2.80. The van der Waals surface area contributed by atoms with Gasteiger partial charge in [0.2, 0.25) is 5.91 Å². The van der Waals surface area contributed by atoms with Gasteiger partial charge in [-0.05, 0) is 37.5 Å². The minimum Gasteiger partial charge on any atom is -0.478 e. The maximum absolute atomic E-state index is 11.8. The number of anilines is 1. The Kier molecular flexibility index (Phi) is 6.18. The number of carbonyl (C=O) groups excluding carboxylic acids is 1. The molecule has 1 amide bonds. The zero-order valence-corrected chi connectivity index (χ0v) is 12.2. The maximum atomic E-state index is 11.8. The summed E-state index contributed by atoms with van der Waals surface area (Å²) in [5, 5.41) is 11.9. The fraction of sp³-hybridized carbons (Fsp3) is 0.467. The molecule has 0 aliphatic rings. The van der Waals surface area contributed by atoms with Gasteiger partial charge < -0.3 is 15.2 Å². The van der Waals surface area contributed by atoms with E-state index in [4.69, 9.17) is 4.74 Å². The zero-order chi connectivity index (χ0) is 15.1. The summed E-state index contributed by atoms with van der Waals surface area (Å²) in [4.78, 5) is 23.0. The first-order chi connectivity index (χ1) is 9.45. The van der Waals surface area contributed by atoms with Gasteiger partial charge in [0.15, 0.2) is 0 Å². The molecule has 20 heavy (non-hydrogen) atoms. The predicted octanol–water partition coefficient (Wildman–Crippen LogP) is 2.76. The summed E-state index contributed by atoms with van der Waals surface area (Å²) in [5.41, 5.74) is 2.07. The van der Waals surface area contributed by atoms with Crippen molar-refractivity contribution in [3.05, 3.63) is 28.8 Å². The van der Waals surface area contributed by atoms with Gasteiger partial charge in [0, 0.05) is 6.61 Å². The summed E-state index contributed by atoms with van der Waals surface area (Å²) >= 11 is 0. The lowest BCUT2D eigenvalue weighted by Crippen LogP contribution is -2.17. The summed E-state index contributed by atoms with van der Waals surface area (Å²) in [7, 11) is 0. The van der Waals surface area contributed by atoms with Gasteiger partial charge in [-0.1, -0.05) is 13.0 Å². The van der Waals surface area contributed by atoms with Crippen LogP contribution in [0.3, 0.4) is 0 Å². The lowest BCUT2D eigenvalue weighted by atomic mass is 10.0. The normalized spacial score (nSPS) is 10.3. The van der Waals surface area contributed by atoms with Crippen molar-refractivity contribution in [2.75, 3.05) is 18.5 Å². The zero-order valence-electron chi connectivity index (χ0n) is 12.2. The number of hydrogen-bond donors (Lipinski definition) is 2. The fourth-order valence-corrected chi connectivity index (χ4v) is 1.92. The van der Waals surface area contributed by atoms with Crippen LogP contribution >= 0.6 is 0 Å². The molecule has 0 atom stereocenters. The molecule has 0 heterocycles. The van der Waals surface area contributed by atoms with Crippen LogP contribution in [0.1, 0.15) is 41.3 Å². The molecule has 0 unspecified atom stereocenters. The van der Waals surface area contributed by atoms with Crippen molar-refractivity contribution >= 4 is 17.6 Å². The summed E-state index contributed by atoms with van der Waals surface area (Å²) in [6, 6.07) is 3.40. The highest BCUT2D eigenvalue weighted by atomic mass is 16.5. The third kappa shape index (κ3) is 4.66. The van der Waals surface area contributed by atoms with Crippen molar-refractivity contribution in [3.63, 3.8) is 0 Å². The molecule has 0 saturated heterocycles. The van der Waals surface area contributed by atoms with Crippen LogP contribution in [0.25, 0.3) is 0 Å². The number of aryl methyl sites for hydroxylation is 2. The molecule has 0 saturated carbocycles. The lowest BCUT2D eigenvalue weighted by molar-refractivity contribution is -0.117. The highest BCUT2D eigenvalue weighted by Crippen LogP contribution is 2.23. The first-order valence-electron chi connectivity index (χ1n) is 6.67. The molecule has 110 valence electrons. The number of aromatic carboxylic acids is 1. The van der Waals surface area contributed by atoms with E-state index in [9.17, 15) is 14.7 Å². The average molecular weight is 279 g/mol. The van der Waals surface area contributed by atoms with Gasteiger partial charge >= 0.3 is 5.97 Å². The molecule has 1 aromatic carbocycles. The third-order valence-electron chi connectivity index (χ3n) is 2.80. The molecule has 0 bridgehead atoms. The van der Waals surface area contributed by atoms with Crippen molar-refractivity contribution in [2.24, 2.45) is 0 Å². The van der Waals surface area contributed by atoms with Crippen LogP contribution in [0.2, 0.25) is 0 Å². The second kappa shape index (κ2) is 7.65. The van der Waals surface area contributed by atoms with Crippen molar-refractivity contribution in [2.45, 2.75) is 33.6 Å². The smallest absolute Gasteiger partial charge is 0.337 e. The van der Waals surface area contributed by atoms with Crippen LogP contribution in [0.4, 0.5) is 5.69 Å². The molecule has 1 aromatic rings. The van der Waals surface area contributed by atoms with E-state index in [0.29, 0.717) is 18.9 Å². The quantitative estimate of drug-likeness (QED) is 0.752. The summed E-state index contributed by atoms with van der Waals surface area (Å²) in [6.45, 7) is 6.56. The van der Waals surface area contributed by atoms with Crippen molar-refractivity contribution in [1.82, 2.24) is 0 Å². The Labute approximate surface area is 118 Å². The standard InChI is InChI=1S/C15H21NO4/c1-4-6-20-7-5-13(17)16-14-11(3)8-10(2)9-12(14)15(18)19/h8-9H,4-7H2,1-3H3,(H,16,17)(H,18,19). The van der Waals surface area contributed by atoms with Crippen LogP contribution < -0.4 is 5.32 Å². The van der Waals surface area contributed by atoms with Crippen molar-refractivity contribution < 1.29 is 19.4 Å². The number of amides is 1. The van der Waals surface area contributed by atoms with Crippen LogP contribution in [0, 0.1) is 13.8 Å². The van der Waals surface area contributed by atoms with E-state index >= 15 is 0 Å². The molecular weight excluding hydrogens is 258 g/mol. The summed E-state index contributed by atoms with van der Waals surface area (Å²) in [6.07, 6.45) is 1.12. The van der Waals surface area contributed by atoms with E-state index in [1.54, 1.807) is 13.0 Å². The minimum atomic E-state index is -1.05. The highest BCUT2D eigenvalue weighted by molar-refractivity contribution is 6.01. The van der Waals surface area contributed by atoms with Gasteiger partial charge in [-0.3, -0.25) is 4.79 Å². The Morgan fingerprint density at radius 3 is 2.55 bits per heavy atom. The van der Waals surface area contributed by atoms with Gasteiger partial charge in [-0.2, -0.15) is 0 Å². The molecule has 2 N–H and O–H groups in total. The monoisotopic (exact) mass is 279 g/mol. The summed E-state index contributed by atoms with van der Waals surface area (Å²) < 4.78 is 5.24. The second-order valence-electron chi connectivity index (χ2n) is 4.72. The second-order valence-corrected chi connectivity index (χ2v) is 4.72. The SMILES string of the molecule is CCCOCCC(=O)Nc1c(C)cc(C)cc1C(=O)O. The largest absolute Gasteiger partial charge is 0.478 e. The topological polar surface area (TPSA) is 75.6 Å². The number of carboxylic acid groups (broad SMARTS) is 1. The Morgan fingerprint density at radius 1 is 1.25 bits per heavy atom. The molecule has 0 radical (unpaired) electrons. The van der Waals surface area contributed by atoms with Gasteiger partial charge in [-0.15, -0.1) is 0 Å². The maximum Gasteiger partial charge on any atom is 0.337 e. The number of nitrogens with one attached hydrogen (secondary N) is 1. The average Bonchev–Trinajstić information content (AvgIpc) is 2.37. The molecule has 5 heteroatoms. The molecule has 5 nitrogen and oxygen atoms in total. The molecule has 0 spiro atoms. The van der Waals surface area contributed by atoms with Crippen LogP contribution in [0.5, 0.6) is 0 Å². The van der Waals surface area contributed by atoms with E-state index in [2.05, 4.69) is 5.32 Å². The number of benzene rings is 1. The Balaban J connectivity index is 2.76. The lowest BCUT2D eigenvalue weighted by Gasteiger charge is -2.13. The molecular formula is C15H21NO4. The number of carbonyl (C=O) groups is 2. The van der Waals surface area contributed by atoms with Crippen LogP contribution in [-0.4, -0.2) is 30.2 Å². The van der Waals surface area contributed by atoms with Gasteiger partial charge in [0.1, 0.15) is 0 Å².